The molecule has 112 valence electrons. The van der Waals surface area contributed by atoms with Crippen molar-refractivity contribution < 1.29 is 0 Å². The Morgan fingerprint density at radius 2 is 2.10 bits per heavy atom. The van der Waals surface area contributed by atoms with Crippen LogP contribution in [-0.2, 0) is 0 Å². The third kappa shape index (κ3) is 4.57. The number of hydrogen-bond donors (Lipinski definition) is 1. The van der Waals surface area contributed by atoms with Gasteiger partial charge in [-0.15, -0.1) is 0 Å². The van der Waals surface area contributed by atoms with Crippen molar-refractivity contribution >= 4 is 15.9 Å². The highest BCUT2D eigenvalue weighted by Crippen LogP contribution is 2.23. The van der Waals surface area contributed by atoms with Crippen LogP contribution in [0.1, 0.15) is 51.1 Å². The van der Waals surface area contributed by atoms with Crippen molar-refractivity contribution in [3.63, 3.8) is 0 Å². The molecule has 0 amide bonds. The molecule has 2 nitrogen and oxygen atoms in total. The predicted molar refractivity (Wildman–Crippen MR) is 90.1 cm³/mol. The van der Waals surface area contributed by atoms with Crippen LogP contribution in [0.4, 0.5) is 0 Å². The van der Waals surface area contributed by atoms with Crippen LogP contribution in [0.25, 0.3) is 0 Å². The van der Waals surface area contributed by atoms with E-state index in [0.717, 1.165) is 4.47 Å². The Morgan fingerprint density at radius 3 is 2.70 bits per heavy atom. The fourth-order valence-electron chi connectivity index (χ4n) is 2.95. The molecule has 1 aromatic rings. The first kappa shape index (κ1) is 16.0. The van der Waals surface area contributed by atoms with E-state index in [9.17, 15) is 0 Å². The van der Waals surface area contributed by atoms with Crippen LogP contribution >= 0.6 is 15.9 Å². The standard InChI is InChI=1S/C17H27BrN2/c1-3-4-12-20(13-17-6-5-11-19-17)14(2)15-7-9-16(18)10-8-15/h7-10,14,17,19H,3-6,11-13H2,1-2H3. The molecule has 1 aliphatic rings. The molecular weight excluding hydrogens is 312 g/mol. The normalized spacial score (nSPS) is 20.5. The molecule has 0 saturated carbocycles. The molecule has 0 aliphatic carbocycles. The number of hydrogen-bond acceptors (Lipinski definition) is 2. The molecule has 20 heavy (non-hydrogen) atoms. The average Bonchev–Trinajstić information content (AvgIpc) is 2.96. The second-order valence-electron chi connectivity index (χ2n) is 5.87. The third-order valence-corrected chi connectivity index (χ3v) is 4.84. The lowest BCUT2D eigenvalue weighted by Gasteiger charge is -2.32. The van der Waals surface area contributed by atoms with Crippen LogP contribution in [0.5, 0.6) is 0 Å². The van der Waals surface area contributed by atoms with Gasteiger partial charge in [0.25, 0.3) is 0 Å². The van der Waals surface area contributed by atoms with Crippen LogP contribution in [0.15, 0.2) is 28.7 Å². The molecule has 1 aromatic carbocycles. The van der Waals surface area contributed by atoms with E-state index in [1.807, 2.05) is 0 Å². The summed E-state index contributed by atoms with van der Waals surface area (Å²) in [4.78, 5) is 2.65. The van der Waals surface area contributed by atoms with E-state index in [2.05, 4.69) is 64.3 Å². The summed E-state index contributed by atoms with van der Waals surface area (Å²) in [7, 11) is 0. The minimum atomic E-state index is 0.497. The lowest BCUT2D eigenvalue weighted by molar-refractivity contribution is 0.189. The molecule has 1 N–H and O–H groups in total. The van der Waals surface area contributed by atoms with Crippen molar-refractivity contribution in [1.82, 2.24) is 10.2 Å². The fourth-order valence-corrected chi connectivity index (χ4v) is 3.22. The van der Waals surface area contributed by atoms with Crippen LogP contribution in [0.2, 0.25) is 0 Å². The lowest BCUT2D eigenvalue weighted by Crippen LogP contribution is -2.39. The Balaban J connectivity index is 2.01. The number of rotatable bonds is 7. The second-order valence-corrected chi connectivity index (χ2v) is 6.78. The monoisotopic (exact) mass is 338 g/mol. The van der Waals surface area contributed by atoms with E-state index in [1.54, 1.807) is 0 Å². The highest BCUT2D eigenvalue weighted by atomic mass is 79.9. The topological polar surface area (TPSA) is 15.3 Å². The molecule has 2 atom stereocenters. The average molecular weight is 339 g/mol. The van der Waals surface area contributed by atoms with Crippen molar-refractivity contribution in [2.45, 2.75) is 51.6 Å². The Morgan fingerprint density at radius 1 is 1.35 bits per heavy atom. The van der Waals surface area contributed by atoms with Crippen molar-refractivity contribution in [2.75, 3.05) is 19.6 Å². The van der Waals surface area contributed by atoms with Crippen LogP contribution in [-0.4, -0.2) is 30.6 Å². The molecule has 1 aliphatic heterocycles. The smallest absolute Gasteiger partial charge is 0.0320 e. The zero-order valence-corrected chi connectivity index (χ0v) is 14.3. The first-order valence-electron chi connectivity index (χ1n) is 7.93. The van der Waals surface area contributed by atoms with Gasteiger partial charge in [-0.25, -0.2) is 0 Å². The minimum Gasteiger partial charge on any atom is -0.313 e. The maximum Gasteiger partial charge on any atom is 0.0320 e. The number of nitrogens with one attached hydrogen (secondary N) is 1. The maximum absolute atomic E-state index is 3.63. The molecule has 0 aromatic heterocycles. The molecule has 2 rings (SSSR count). The van der Waals surface area contributed by atoms with E-state index in [-0.39, 0.29) is 0 Å². The first-order valence-corrected chi connectivity index (χ1v) is 8.73. The predicted octanol–water partition coefficient (Wildman–Crippen LogP) is 4.36. The molecule has 0 bridgehead atoms. The molecular formula is C17H27BrN2. The molecule has 0 radical (unpaired) electrons. The van der Waals surface area contributed by atoms with Crippen molar-refractivity contribution in [3.05, 3.63) is 34.3 Å². The largest absolute Gasteiger partial charge is 0.313 e. The molecule has 3 heteroatoms. The summed E-state index contributed by atoms with van der Waals surface area (Å²) >= 11 is 3.52. The van der Waals surface area contributed by atoms with E-state index in [4.69, 9.17) is 0 Å². The molecule has 1 saturated heterocycles. The molecule has 2 unspecified atom stereocenters. The van der Waals surface area contributed by atoms with E-state index in [1.165, 1.54) is 50.9 Å². The van der Waals surface area contributed by atoms with Gasteiger partial charge in [0.2, 0.25) is 0 Å². The van der Waals surface area contributed by atoms with Gasteiger partial charge in [0, 0.05) is 23.1 Å². The Hall–Kier alpha value is -0.380. The van der Waals surface area contributed by atoms with Gasteiger partial charge in [-0.3, -0.25) is 4.90 Å². The summed E-state index contributed by atoms with van der Waals surface area (Å²) in [5.41, 5.74) is 1.42. The van der Waals surface area contributed by atoms with E-state index < -0.39 is 0 Å². The fraction of sp³-hybridized carbons (Fsp3) is 0.647. The summed E-state index contributed by atoms with van der Waals surface area (Å²) < 4.78 is 1.16. The Kier molecular flexibility index (Phi) is 6.53. The Bertz CT molecular complexity index is 384. The van der Waals surface area contributed by atoms with Crippen LogP contribution in [0.3, 0.4) is 0 Å². The SMILES string of the molecule is CCCCN(CC1CCCN1)C(C)c1ccc(Br)cc1. The first-order chi connectivity index (χ1) is 9.70. The third-order valence-electron chi connectivity index (χ3n) is 4.32. The summed E-state index contributed by atoms with van der Waals surface area (Å²) in [5, 5.41) is 3.63. The lowest BCUT2D eigenvalue weighted by atomic mass is 10.1. The zero-order chi connectivity index (χ0) is 14.4. The van der Waals surface area contributed by atoms with Gasteiger partial charge in [0.05, 0.1) is 0 Å². The van der Waals surface area contributed by atoms with Crippen molar-refractivity contribution in [2.24, 2.45) is 0 Å². The number of nitrogens with zero attached hydrogens (tertiary/aromatic N) is 1. The number of unbranched alkanes of at least 4 members (excludes halogenated alkanes) is 1. The van der Waals surface area contributed by atoms with Crippen LogP contribution in [0, 0.1) is 0 Å². The highest BCUT2D eigenvalue weighted by Gasteiger charge is 2.21. The van der Waals surface area contributed by atoms with Gasteiger partial charge < -0.3 is 5.32 Å². The highest BCUT2D eigenvalue weighted by molar-refractivity contribution is 9.10. The van der Waals surface area contributed by atoms with Crippen molar-refractivity contribution in [3.8, 4) is 0 Å². The van der Waals surface area contributed by atoms with Crippen molar-refractivity contribution in [1.29, 1.82) is 0 Å². The van der Waals surface area contributed by atoms with E-state index in [0.29, 0.717) is 12.1 Å². The zero-order valence-electron chi connectivity index (χ0n) is 12.7. The maximum atomic E-state index is 3.63. The van der Waals surface area contributed by atoms with Crippen LogP contribution < -0.4 is 5.32 Å². The minimum absolute atomic E-state index is 0.497. The summed E-state index contributed by atoms with van der Waals surface area (Å²) in [6.07, 6.45) is 5.21. The number of benzene rings is 1. The van der Waals surface area contributed by atoms with Gasteiger partial charge in [0.1, 0.15) is 0 Å². The van der Waals surface area contributed by atoms with Gasteiger partial charge in [-0.1, -0.05) is 41.4 Å². The Labute approximate surface area is 132 Å². The second kappa shape index (κ2) is 8.16. The van der Waals surface area contributed by atoms with Gasteiger partial charge >= 0.3 is 0 Å². The summed E-state index contributed by atoms with van der Waals surface area (Å²) in [5.74, 6) is 0. The van der Waals surface area contributed by atoms with E-state index >= 15 is 0 Å². The summed E-state index contributed by atoms with van der Waals surface area (Å²) in [6.45, 7) is 8.19. The molecule has 0 spiro atoms. The van der Waals surface area contributed by atoms with Gasteiger partial charge in [-0.2, -0.15) is 0 Å². The van der Waals surface area contributed by atoms with Gasteiger partial charge in [-0.05, 0) is 57.0 Å². The van der Waals surface area contributed by atoms with Gasteiger partial charge in [0.15, 0.2) is 0 Å². The number of halogens is 1. The molecule has 1 fully saturated rings. The molecule has 1 heterocycles. The summed E-state index contributed by atoms with van der Waals surface area (Å²) in [6, 6.07) is 9.97. The quantitative estimate of drug-likeness (QED) is 0.794.